The molecule has 8 heteroatoms. The van der Waals surface area contributed by atoms with E-state index in [1.165, 1.54) is 11.8 Å². The van der Waals surface area contributed by atoms with Gasteiger partial charge in [-0.15, -0.1) is 0 Å². The Morgan fingerprint density at radius 3 is 2.20 bits per heavy atom. The van der Waals surface area contributed by atoms with Crippen LogP contribution in [0.3, 0.4) is 0 Å². The monoisotopic (exact) mass is 421 g/mol. The largest absolute Gasteiger partial charge is 0.493 e. The molecule has 0 spiro atoms. The molecule has 0 aliphatic carbocycles. The third-order valence-corrected chi connectivity index (χ3v) is 5.16. The first kappa shape index (κ1) is 19.8. The summed E-state index contributed by atoms with van der Waals surface area (Å²) in [5, 5.41) is 1.10. The van der Waals surface area contributed by atoms with Gasteiger partial charge in [-0.25, -0.2) is 15.0 Å². The van der Waals surface area contributed by atoms with Crippen LogP contribution < -0.4 is 14.2 Å². The summed E-state index contributed by atoms with van der Waals surface area (Å²) in [4.78, 5) is 13.3. The van der Waals surface area contributed by atoms with E-state index >= 15 is 0 Å². The molecule has 2 aromatic heterocycles. The zero-order valence-corrected chi connectivity index (χ0v) is 17.5. The average Bonchev–Trinajstić information content (AvgIpc) is 3.22. The molecule has 4 rings (SSSR count). The highest BCUT2D eigenvalue weighted by Gasteiger charge is 2.25. The Kier molecular flexibility index (Phi) is 5.85. The number of hydrogen-bond acceptors (Lipinski definition) is 8. The van der Waals surface area contributed by atoms with E-state index in [0.29, 0.717) is 44.6 Å². The number of nitrogens with zero attached hydrogens (tertiary/aromatic N) is 3. The van der Waals surface area contributed by atoms with Gasteiger partial charge in [-0.1, -0.05) is 18.2 Å². The fourth-order valence-electron chi connectivity index (χ4n) is 2.96. The minimum Gasteiger partial charge on any atom is -0.493 e. The molecule has 152 valence electrons. The second-order valence-electron chi connectivity index (χ2n) is 6.04. The number of methoxy groups -OCH3 is 3. The number of benzene rings is 2. The number of aromatic nitrogens is 3. The van der Waals surface area contributed by atoms with E-state index in [4.69, 9.17) is 23.6 Å². The quantitative estimate of drug-likeness (QED) is 0.387. The highest BCUT2D eigenvalue weighted by Crippen LogP contribution is 2.47. The molecule has 0 atom stereocenters. The lowest BCUT2D eigenvalue weighted by molar-refractivity contribution is 0.325. The summed E-state index contributed by atoms with van der Waals surface area (Å²) in [6, 6.07) is 15.1. The van der Waals surface area contributed by atoms with E-state index in [1.807, 2.05) is 36.4 Å². The van der Waals surface area contributed by atoms with E-state index in [1.54, 1.807) is 45.9 Å². The molecule has 7 nitrogen and oxygen atoms in total. The van der Waals surface area contributed by atoms with Gasteiger partial charge in [0.15, 0.2) is 21.7 Å². The Labute approximate surface area is 178 Å². The summed E-state index contributed by atoms with van der Waals surface area (Å²) in [6.07, 6.45) is 3.36. The van der Waals surface area contributed by atoms with Gasteiger partial charge in [-0.3, -0.25) is 0 Å². The van der Waals surface area contributed by atoms with Crippen LogP contribution in [0, 0.1) is 0 Å². The smallest absolute Gasteiger partial charge is 0.228 e. The van der Waals surface area contributed by atoms with Gasteiger partial charge in [0, 0.05) is 18.0 Å². The molecule has 0 radical (unpaired) electrons. The third-order valence-electron chi connectivity index (χ3n) is 4.30. The summed E-state index contributed by atoms with van der Waals surface area (Å²) in [7, 11) is 4.72. The molecule has 0 N–H and O–H groups in total. The Balaban J connectivity index is 1.89. The van der Waals surface area contributed by atoms with Crippen LogP contribution in [0.25, 0.3) is 22.7 Å². The van der Waals surface area contributed by atoms with Crippen molar-refractivity contribution in [1.29, 1.82) is 0 Å². The normalized spacial score (nSPS) is 10.6. The Bertz CT molecular complexity index is 1130. The van der Waals surface area contributed by atoms with Gasteiger partial charge in [0.1, 0.15) is 5.69 Å². The lowest BCUT2D eigenvalue weighted by atomic mass is 10.1. The van der Waals surface area contributed by atoms with Crippen molar-refractivity contribution >= 4 is 11.8 Å². The van der Waals surface area contributed by atoms with Crippen LogP contribution in [0.1, 0.15) is 0 Å². The van der Waals surface area contributed by atoms with Crippen molar-refractivity contribution in [3.05, 3.63) is 60.9 Å². The molecule has 0 aliphatic heterocycles. The van der Waals surface area contributed by atoms with E-state index in [-0.39, 0.29) is 0 Å². The number of rotatable bonds is 7. The summed E-state index contributed by atoms with van der Waals surface area (Å²) in [6.45, 7) is 0. The zero-order valence-electron chi connectivity index (χ0n) is 16.7. The van der Waals surface area contributed by atoms with E-state index < -0.39 is 0 Å². The van der Waals surface area contributed by atoms with Crippen molar-refractivity contribution in [3.63, 3.8) is 0 Å². The number of hydrogen-bond donors (Lipinski definition) is 0. The molecule has 0 bridgehead atoms. The van der Waals surface area contributed by atoms with Gasteiger partial charge >= 0.3 is 0 Å². The molecule has 0 fully saturated rings. The maximum atomic E-state index is 6.13. The predicted octanol–water partition coefficient (Wildman–Crippen LogP) is 4.98. The predicted molar refractivity (Wildman–Crippen MR) is 113 cm³/mol. The van der Waals surface area contributed by atoms with Crippen molar-refractivity contribution in [2.45, 2.75) is 10.2 Å². The molecule has 0 aliphatic rings. The SMILES string of the molecule is COc1ccc(-c2nc(-c3ccccc3)oc2Sc2ncccn2)c(OC)c1OC. The van der Waals surface area contributed by atoms with Gasteiger partial charge in [0.25, 0.3) is 0 Å². The van der Waals surface area contributed by atoms with Crippen LogP contribution >= 0.6 is 11.8 Å². The molecule has 30 heavy (non-hydrogen) atoms. The first-order valence-corrected chi connectivity index (χ1v) is 9.87. The Morgan fingerprint density at radius 2 is 1.53 bits per heavy atom. The summed E-state index contributed by atoms with van der Waals surface area (Å²) in [5.74, 6) is 2.03. The molecule has 0 saturated carbocycles. The fourth-order valence-corrected chi connectivity index (χ4v) is 3.72. The van der Waals surface area contributed by atoms with Gasteiger partial charge < -0.3 is 18.6 Å². The maximum absolute atomic E-state index is 6.13. The van der Waals surface area contributed by atoms with Gasteiger partial charge in [-0.2, -0.15) is 0 Å². The molecule has 0 unspecified atom stereocenters. The molecular formula is C22H19N3O4S. The lowest BCUT2D eigenvalue weighted by Crippen LogP contribution is -1.97. The minimum absolute atomic E-state index is 0.480. The lowest BCUT2D eigenvalue weighted by Gasteiger charge is -2.15. The van der Waals surface area contributed by atoms with Crippen LogP contribution in [-0.4, -0.2) is 36.3 Å². The second-order valence-corrected chi connectivity index (χ2v) is 6.98. The minimum atomic E-state index is 0.480. The zero-order chi connectivity index (χ0) is 20.9. The first-order chi connectivity index (χ1) is 14.7. The van der Waals surface area contributed by atoms with Crippen LogP contribution in [0.15, 0.2) is 75.6 Å². The fraction of sp³-hybridized carbons (Fsp3) is 0.136. The second kappa shape index (κ2) is 8.87. The highest BCUT2D eigenvalue weighted by atomic mass is 32.2. The summed E-state index contributed by atoms with van der Waals surface area (Å²) in [5.41, 5.74) is 2.17. The van der Waals surface area contributed by atoms with Crippen LogP contribution in [0.5, 0.6) is 17.2 Å². The standard InChI is InChI=1S/C22H19N3O4S/c1-26-16-11-10-15(18(27-2)19(16)28-3)17-21(30-22-23-12-7-13-24-22)29-20(25-17)14-8-5-4-6-9-14/h4-13H,1-3H3. The molecule has 0 saturated heterocycles. The topological polar surface area (TPSA) is 79.5 Å². The summed E-state index contributed by atoms with van der Waals surface area (Å²) < 4.78 is 22.7. The molecule has 2 heterocycles. The van der Waals surface area contributed by atoms with E-state index in [2.05, 4.69) is 9.97 Å². The molecule has 4 aromatic rings. The van der Waals surface area contributed by atoms with E-state index in [9.17, 15) is 0 Å². The van der Waals surface area contributed by atoms with Crippen molar-refractivity contribution in [2.75, 3.05) is 21.3 Å². The van der Waals surface area contributed by atoms with E-state index in [0.717, 1.165) is 5.56 Å². The van der Waals surface area contributed by atoms with Crippen molar-refractivity contribution < 1.29 is 18.6 Å². The van der Waals surface area contributed by atoms with Crippen LogP contribution in [0.2, 0.25) is 0 Å². The first-order valence-electron chi connectivity index (χ1n) is 9.05. The summed E-state index contributed by atoms with van der Waals surface area (Å²) >= 11 is 1.29. The van der Waals surface area contributed by atoms with Crippen LogP contribution in [0.4, 0.5) is 0 Å². The van der Waals surface area contributed by atoms with Gasteiger partial charge in [-0.05, 0) is 42.1 Å². The molecule has 0 amide bonds. The molecular weight excluding hydrogens is 402 g/mol. The van der Waals surface area contributed by atoms with Crippen molar-refractivity contribution in [2.24, 2.45) is 0 Å². The number of ether oxygens (including phenoxy) is 3. The van der Waals surface area contributed by atoms with Crippen molar-refractivity contribution in [1.82, 2.24) is 15.0 Å². The maximum Gasteiger partial charge on any atom is 0.228 e. The Morgan fingerprint density at radius 1 is 0.800 bits per heavy atom. The number of oxazole rings is 1. The van der Waals surface area contributed by atoms with Gasteiger partial charge in [0.05, 0.1) is 26.9 Å². The highest BCUT2D eigenvalue weighted by molar-refractivity contribution is 7.99. The van der Waals surface area contributed by atoms with Crippen LogP contribution in [-0.2, 0) is 0 Å². The Hall–Kier alpha value is -3.52. The third kappa shape index (κ3) is 3.81. The molecule has 2 aromatic carbocycles. The van der Waals surface area contributed by atoms with Crippen molar-refractivity contribution in [3.8, 4) is 40.0 Å². The van der Waals surface area contributed by atoms with Gasteiger partial charge in [0.2, 0.25) is 11.6 Å². The average molecular weight is 421 g/mol.